The Morgan fingerprint density at radius 3 is 2.27 bits per heavy atom. The maximum atomic E-state index is 14.2. The predicted octanol–water partition coefficient (Wildman–Crippen LogP) is 5.98. The number of benzene rings is 2. The molecule has 37 heavy (non-hydrogen) atoms. The van der Waals surface area contributed by atoms with E-state index in [2.05, 4.69) is 6.07 Å². The summed E-state index contributed by atoms with van der Waals surface area (Å²) in [5.74, 6) is 0.438. The molecule has 0 radical (unpaired) electrons. The van der Waals surface area contributed by atoms with Gasteiger partial charge in [-0.05, 0) is 55.4 Å². The summed E-state index contributed by atoms with van der Waals surface area (Å²) in [4.78, 5) is 34.2. The van der Waals surface area contributed by atoms with Gasteiger partial charge in [0, 0.05) is 37.5 Å². The molecule has 2 saturated heterocycles. The largest absolute Gasteiger partial charge is 0.496 e. The van der Waals surface area contributed by atoms with Gasteiger partial charge in [0.2, 0.25) is 0 Å². The van der Waals surface area contributed by atoms with E-state index in [0.717, 1.165) is 23.6 Å². The molecule has 2 aromatic carbocycles. The number of para-hydroxylation sites is 1. The summed E-state index contributed by atoms with van der Waals surface area (Å²) >= 11 is 7.58. The van der Waals surface area contributed by atoms with Crippen LogP contribution in [-0.2, 0) is 0 Å². The maximum absolute atomic E-state index is 14.2. The highest BCUT2D eigenvalue weighted by Crippen LogP contribution is 2.35. The molecule has 2 aliphatic heterocycles. The Morgan fingerprint density at radius 2 is 1.59 bits per heavy atom. The van der Waals surface area contributed by atoms with Gasteiger partial charge >= 0.3 is 0 Å². The number of aromatic nitrogens is 1. The van der Waals surface area contributed by atoms with E-state index in [4.69, 9.17) is 21.3 Å². The van der Waals surface area contributed by atoms with Gasteiger partial charge < -0.3 is 14.5 Å². The Kier molecular flexibility index (Phi) is 7.76. The number of likely N-dealkylation sites (tertiary alicyclic amines) is 2. The van der Waals surface area contributed by atoms with Crippen molar-refractivity contribution in [3.05, 3.63) is 80.5 Å². The summed E-state index contributed by atoms with van der Waals surface area (Å²) in [6.07, 6.45) is 3.20. The first kappa shape index (κ1) is 25.7. The number of rotatable bonds is 5. The zero-order valence-corrected chi connectivity index (χ0v) is 22.2. The van der Waals surface area contributed by atoms with Gasteiger partial charge in [-0.2, -0.15) is 0 Å². The Labute approximate surface area is 225 Å². The van der Waals surface area contributed by atoms with Gasteiger partial charge in [-0.3, -0.25) is 9.59 Å². The van der Waals surface area contributed by atoms with Crippen LogP contribution < -0.4 is 4.74 Å². The topological polar surface area (TPSA) is 62.7 Å². The smallest absolute Gasteiger partial charge is 0.273 e. The number of thiazole rings is 1. The second kappa shape index (κ2) is 11.2. The number of hydrogen-bond donors (Lipinski definition) is 0. The van der Waals surface area contributed by atoms with Crippen molar-refractivity contribution in [3.8, 4) is 5.75 Å². The number of hydrogen-bond acceptors (Lipinski definition) is 5. The van der Waals surface area contributed by atoms with Crippen LogP contribution >= 0.6 is 22.9 Å². The lowest BCUT2D eigenvalue weighted by molar-refractivity contribution is 0.0705. The summed E-state index contributed by atoms with van der Waals surface area (Å²) in [5.41, 5.74) is 1.63. The second-order valence-electron chi connectivity index (χ2n) is 9.54. The van der Waals surface area contributed by atoms with Crippen molar-refractivity contribution in [3.63, 3.8) is 0 Å². The van der Waals surface area contributed by atoms with Crippen molar-refractivity contribution in [2.75, 3.05) is 33.3 Å². The number of carbonyl (C=O) groups is 2. The summed E-state index contributed by atoms with van der Waals surface area (Å²) in [6, 6.07) is 12.4. The van der Waals surface area contributed by atoms with Crippen molar-refractivity contribution in [1.82, 2.24) is 14.8 Å². The van der Waals surface area contributed by atoms with Crippen LogP contribution in [0, 0.1) is 5.82 Å². The number of halogens is 2. The molecule has 2 fully saturated rings. The van der Waals surface area contributed by atoms with Crippen molar-refractivity contribution < 1.29 is 18.7 Å². The zero-order chi connectivity index (χ0) is 25.9. The van der Waals surface area contributed by atoms with E-state index in [-0.39, 0.29) is 28.3 Å². The summed E-state index contributed by atoms with van der Waals surface area (Å²) in [5, 5.41) is 2.89. The van der Waals surface area contributed by atoms with Gasteiger partial charge in [-0.15, -0.1) is 11.3 Å². The number of methoxy groups -OCH3 is 1. The quantitative estimate of drug-likeness (QED) is 0.398. The number of nitrogens with zero attached hydrogens (tertiary/aromatic N) is 3. The predicted molar refractivity (Wildman–Crippen MR) is 142 cm³/mol. The first-order valence-electron chi connectivity index (χ1n) is 12.6. The highest BCUT2D eigenvalue weighted by Gasteiger charge is 2.31. The third-order valence-corrected chi connectivity index (χ3v) is 8.73. The molecule has 0 spiro atoms. The number of amides is 2. The molecule has 194 valence electrons. The van der Waals surface area contributed by atoms with Crippen LogP contribution in [0.25, 0.3) is 0 Å². The van der Waals surface area contributed by atoms with E-state index in [9.17, 15) is 14.0 Å². The third kappa shape index (κ3) is 5.36. The van der Waals surface area contributed by atoms with E-state index in [0.29, 0.717) is 50.6 Å². The summed E-state index contributed by atoms with van der Waals surface area (Å²) < 4.78 is 19.7. The Balaban J connectivity index is 1.16. The minimum Gasteiger partial charge on any atom is -0.496 e. The number of ether oxygens (including phenoxy) is 1. The van der Waals surface area contributed by atoms with Gasteiger partial charge in [0.25, 0.3) is 11.8 Å². The Bertz CT molecular complexity index is 1260. The monoisotopic (exact) mass is 541 g/mol. The molecular formula is C28H29ClFN3O3S. The maximum Gasteiger partial charge on any atom is 0.273 e. The molecule has 0 saturated carbocycles. The molecule has 3 heterocycles. The third-order valence-electron chi connectivity index (χ3n) is 7.41. The standard InChI is InChI=1S/C28H29ClFN3O3S/c1-36-24-8-3-2-5-20(24)18-9-13-32(14-10-18)27(34)23-17-37-26(31-23)19-11-15-33(16-12-19)28(35)25-21(29)6-4-7-22(25)30/h2-8,17-19H,9-16H2,1H3. The first-order chi connectivity index (χ1) is 18.0. The van der Waals surface area contributed by atoms with Gasteiger partial charge in [0.15, 0.2) is 0 Å². The van der Waals surface area contributed by atoms with Crippen molar-refractivity contribution >= 4 is 34.8 Å². The Hall–Kier alpha value is -2.97. The summed E-state index contributed by atoms with van der Waals surface area (Å²) in [6.45, 7) is 2.36. The van der Waals surface area contributed by atoms with E-state index in [1.807, 2.05) is 28.5 Å². The fourth-order valence-corrected chi connectivity index (χ4v) is 6.53. The van der Waals surface area contributed by atoms with Crippen LogP contribution in [0.3, 0.4) is 0 Å². The molecule has 0 aliphatic carbocycles. The van der Waals surface area contributed by atoms with Crippen LogP contribution in [0.2, 0.25) is 5.02 Å². The molecule has 3 aromatic rings. The minimum atomic E-state index is -0.602. The normalized spacial score (nSPS) is 17.2. The average Bonchev–Trinajstić information content (AvgIpc) is 3.43. The lowest BCUT2D eigenvalue weighted by Gasteiger charge is -2.32. The Morgan fingerprint density at radius 1 is 0.946 bits per heavy atom. The molecule has 9 heteroatoms. The molecule has 0 atom stereocenters. The van der Waals surface area contributed by atoms with E-state index >= 15 is 0 Å². The highest BCUT2D eigenvalue weighted by atomic mass is 35.5. The van der Waals surface area contributed by atoms with Crippen LogP contribution in [0.15, 0.2) is 47.8 Å². The van der Waals surface area contributed by atoms with Crippen LogP contribution in [-0.4, -0.2) is 59.9 Å². The molecule has 5 rings (SSSR count). The van der Waals surface area contributed by atoms with Gasteiger partial charge in [0.1, 0.15) is 17.3 Å². The van der Waals surface area contributed by atoms with Crippen molar-refractivity contribution in [2.24, 2.45) is 0 Å². The highest BCUT2D eigenvalue weighted by molar-refractivity contribution is 7.09. The van der Waals surface area contributed by atoms with E-state index in [1.54, 1.807) is 12.0 Å². The first-order valence-corrected chi connectivity index (χ1v) is 13.8. The average molecular weight is 542 g/mol. The number of carbonyl (C=O) groups excluding carboxylic acids is 2. The molecule has 0 bridgehead atoms. The summed E-state index contributed by atoms with van der Waals surface area (Å²) in [7, 11) is 1.69. The van der Waals surface area contributed by atoms with Crippen molar-refractivity contribution in [2.45, 2.75) is 37.5 Å². The van der Waals surface area contributed by atoms with Crippen molar-refractivity contribution in [1.29, 1.82) is 0 Å². The zero-order valence-electron chi connectivity index (χ0n) is 20.7. The van der Waals surface area contributed by atoms with E-state index in [1.165, 1.54) is 35.1 Å². The molecular weight excluding hydrogens is 513 g/mol. The minimum absolute atomic E-state index is 0.0252. The molecule has 0 unspecified atom stereocenters. The fourth-order valence-electron chi connectivity index (χ4n) is 5.32. The molecule has 2 aliphatic rings. The molecule has 0 N–H and O–H groups in total. The fraction of sp³-hybridized carbons (Fsp3) is 0.393. The molecule has 6 nitrogen and oxygen atoms in total. The molecule has 2 amide bonds. The van der Waals surface area contributed by atoms with Gasteiger partial charge in [0.05, 0.1) is 22.7 Å². The van der Waals surface area contributed by atoms with Crippen LogP contribution in [0.1, 0.15) is 68.9 Å². The SMILES string of the molecule is COc1ccccc1C1CCN(C(=O)c2csc(C3CCN(C(=O)c4c(F)cccc4Cl)CC3)n2)CC1. The van der Waals surface area contributed by atoms with Crippen LogP contribution in [0.4, 0.5) is 4.39 Å². The van der Waals surface area contributed by atoms with Crippen LogP contribution in [0.5, 0.6) is 5.75 Å². The van der Waals surface area contributed by atoms with Gasteiger partial charge in [-0.1, -0.05) is 35.9 Å². The van der Waals surface area contributed by atoms with E-state index < -0.39 is 5.82 Å². The van der Waals surface area contributed by atoms with Gasteiger partial charge in [-0.25, -0.2) is 9.37 Å². The lowest BCUT2D eigenvalue weighted by Crippen LogP contribution is -2.39. The second-order valence-corrected chi connectivity index (χ2v) is 10.8. The number of piperidine rings is 2. The lowest BCUT2D eigenvalue weighted by atomic mass is 9.88. The molecule has 1 aromatic heterocycles.